The number of nitrogens with zero attached hydrogens (tertiary/aromatic N) is 3. The van der Waals surface area contributed by atoms with Crippen LogP contribution in [0.5, 0.6) is 0 Å². The van der Waals surface area contributed by atoms with Crippen molar-refractivity contribution < 1.29 is 4.79 Å². The quantitative estimate of drug-likeness (QED) is 0.761. The number of carbonyl (C=O) groups is 1. The Morgan fingerprint density at radius 2 is 1.82 bits per heavy atom. The maximum Gasteiger partial charge on any atom is 0.238 e. The van der Waals surface area contributed by atoms with Gasteiger partial charge in [-0.25, -0.2) is 10.0 Å². The van der Waals surface area contributed by atoms with E-state index in [2.05, 4.69) is 23.0 Å². The van der Waals surface area contributed by atoms with Crippen molar-refractivity contribution in [3.8, 4) is 0 Å². The average molecular weight is 232 g/mol. The fourth-order valence-electron chi connectivity index (χ4n) is 2.06. The Bertz CT molecular complexity index is 372. The lowest BCUT2D eigenvalue weighted by Crippen LogP contribution is -2.54. The van der Waals surface area contributed by atoms with Gasteiger partial charge in [-0.2, -0.15) is 0 Å². The Morgan fingerprint density at radius 1 is 1.24 bits per heavy atom. The molecule has 0 saturated carbocycles. The minimum Gasteiger partial charge on any atom is -0.304 e. The molecule has 0 bridgehead atoms. The van der Waals surface area contributed by atoms with E-state index >= 15 is 0 Å². The summed E-state index contributed by atoms with van der Waals surface area (Å²) < 4.78 is 0. The largest absolute Gasteiger partial charge is 0.304 e. The van der Waals surface area contributed by atoms with Crippen molar-refractivity contribution in [3.05, 3.63) is 30.3 Å². The molecule has 1 heterocycles. The summed E-state index contributed by atoms with van der Waals surface area (Å²) in [7, 11) is 2.10. The number of hydrogen-bond acceptors (Lipinski definition) is 3. The fourth-order valence-corrected chi connectivity index (χ4v) is 2.06. The molecule has 1 aliphatic heterocycles. The molecule has 2 rings (SSSR count). The molecule has 4 nitrogen and oxygen atoms in total. The Hall–Kier alpha value is -1.39. The molecule has 91 valence electrons. The van der Waals surface area contributed by atoms with Crippen molar-refractivity contribution in [2.24, 2.45) is 0 Å². The third kappa shape index (κ3) is 2.84. The number of hydrogen-bond donors (Lipinski definition) is 0. The SMILES string of the molecule is CC(=O)N(c1cc[c]cc1)N1CCN(C)CC1. The topological polar surface area (TPSA) is 26.8 Å². The summed E-state index contributed by atoms with van der Waals surface area (Å²) in [6.07, 6.45) is 0. The molecule has 0 aromatic heterocycles. The summed E-state index contributed by atoms with van der Waals surface area (Å²) in [6, 6.07) is 10.5. The molecule has 1 fully saturated rings. The molecule has 1 saturated heterocycles. The number of carbonyl (C=O) groups excluding carboxylic acids is 1. The summed E-state index contributed by atoms with van der Waals surface area (Å²) >= 11 is 0. The predicted molar refractivity (Wildman–Crippen MR) is 67.5 cm³/mol. The van der Waals surface area contributed by atoms with E-state index in [1.54, 1.807) is 11.9 Å². The Kier molecular flexibility index (Phi) is 3.76. The highest BCUT2D eigenvalue weighted by Crippen LogP contribution is 2.17. The highest BCUT2D eigenvalue weighted by molar-refractivity contribution is 5.90. The normalized spacial score (nSPS) is 18.0. The molecular weight excluding hydrogens is 214 g/mol. The number of piperazine rings is 1. The van der Waals surface area contributed by atoms with Crippen molar-refractivity contribution in [3.63, 3.8) is 0 Å². The van der Waals surface area contributed by atoms with E-state index in [9.17, 15) is 4.79 Å². The standard InChI is InChI=1S/C13H18N3O/c1-12(17)16(13-6-4-3-5-7-13)15-10-8-14(2)9-11-15/h4-7H,8-11H2,1-2H3. The lowest BCUT2D eigenvalue weighted by atomic mass is 10.3. The Labute approximate surface area is 102 Å². The van der Waals surface area contributed by atoms with Crippen LogP contribution in [0.25, 0.3) is 0 Å². The van der Waals surface area contributed by atoms with Crippen LogP contribution in [0.2, 0.25) is 0 Å². The first-order valence-electron chi connectivity index (χ1n) is 5.88. The van der Waals surface area contributed by atoms with Gasteiger partial charge in [0.1, 0.15) is 0 Å². The van der Waals surface area contributed by atoms with Gasteiger partial charge >= 0.3 is 0 Å². The zero-order valence-electron chi connectivity index (χ0n) is 10.4. The van der Waals surface area contributed by atoms with Crippen LogP contribution in [0.3, 0.4) is 0 Å². The summed E-state index contributed by atoms with van der Waals surface area (Å²) in [5, 5.41) is 3.87. The van der Waals surface area contributed by atoms with Gasteiger partial charge in [0.2, 0.25) is 5.91 Å². The van der Waals surface area contributed by atoms with E-state index in [-0.39, 0.29) is 5.91 Å². The van der Waals surface area contributed by atoms with Gasteiger partial charge < -0.3 is 4.90 Å². The third-order valence-corrected chi connectivity index (χ3v) is 3.01. The first-order chi connectivity index (χ1) is 8.18. The van der Waals surface area contributed by atoms with Gasteiger partial charge in [-0.1, -0.05) is 12.1 Å². The van der Waals surface area contributed by atoms with E-state index < -0.39 is 0 Å². The minimum atomic E-state index is 0.0563. The molecule has 17 heavy (non-hydrogen) atoms. The smallest absolute Gasteiger partial charge is 0.238 e. The van der Waals surface area contributed by atoms with Crippen LogP contribution in [-0.4, -0.2) is 49.0 Å². The van der Waals surface area contributed by atoms with Gasteiger partial charge in [0.05, 0.1) is 5.69 Å². The van der Waals surface area contributed by atoms with Gasteiger partial charge in [0, 0.05) is 33.1 Å². The van der Waals surface area contributed by atoms with Gasteiger partial charge in [0.15, 0.2) is 0 Å². The molecule has 0 spiro atoms. The molecule has 0 N–H and O–H groups in total. The second-order valence-corrected chi connectivity index (χ2v) is 4.35. The number of rotatable bonds is 2. The Balaban J connectivity index is 2.16. The predicted octanol–water partition coefficient (Wildman–Crippen LogP) is 1.00. The first kappa shape index (κ1) is 12.1. The number of anilines is 1. The number of amides is 1. The van der Waals surface area contributed by atoms with E-state index in [4.69, 9.17) is 0 Å². The summed E-state index contributed by atoms with van der Waals surface area (Å²) in [4.78, 5) is 14.1. The zero-order chi connectivity index (χ0) is 12.3. The lowest BCUT2D eigenvalue weighted by molar-refractivity contribution is -0.120. The summed E-state index contributed by atoms with van der Waals surface area (Å²) in [5.41, 5.74) is 0.917. The Morgan fingerprint density at radius 3 is 2.35 bits per heavy atom. The van der Waals surface area contributed by atoms with Gasteiger partial charge in [-0.05, 0) is 25.2 Å². The van der Waals surface area contributed by atoms with E-state index in [0.29, 0.717) is 0 Å². The molecular formula is C13H18N3O. The van der Waals surface area contributed by atoms with Crippen molar-refractivity contribution in [1.29, 1.82) is 0 Å². The van der Waals surface area contributed by atoms with Crippen LogP contribution < -0.4 is 5.01 Å². The molecule has 1 amide bonds. The van der Waals surface area contributed by atoms with Crippen LogP contribution in [0.15, 0.2) is 24.3 Å². The van der Waals surface area contributed by atoms with Crippen LogP contribution in [0.4, 0.5) is 5.69 Å². The van der Waals surface area contributed by atoms with E-state index in [0.717, 1.165) is 31.9 Å². The highest BCUT2D eigenvalue weighted by atomic mass is 16.2. The summed E-state index contributed by atoms with van der Waals surface area (Å²) in [5.74, 6) is 0.0563. The lowest BCUT2D eigenvalue weighted by Gasteiger charge is -2.39. The van der Waals surface area contributed by atoms with Crippen LogP contribution in [-0.2, 0) is 4.79 Å². The zero-order valence-corrected chi connectivity index (χ0v) is 10.4. The van der Waals surface area contributed by atoms with Crippen molar-refractivity contribution >= 4 is 11.6 Å². The first-order valence-corrected chi connectivity index (χ1v) is 5.88. The van der Waals surface area contributed by atoms with E-state index in [1.165, 1.54) is 0 Å². The van der Waals surface area contributed by atoms with Gasteiger partial charge in [-0.15, -0.1) is 0 Å². The molecule has 0 unspecified atom stereocenters. The van der Waals surface area contributed by atoms with Crippen LogP contribution in [0, 0.1) is 6.07 Å². The molecule has 0 aliphatic carbocycles. The van der Waals surface area contributed by atoms with Crippen molar-refractivity contribution in [1.82, 2.24) is 9.91 Å². The third-order valence-electron chi connectivity index (χ3n) is 3.01. The number of benzene rings is 1. The van der Waals surface area contributed by atoms with Gasteiger partial charge in [-0.3, -0.25) is 4.79 Å². The average Bonchev–Trinajstić information content (AvgIpc) is 2.33. The maximum absolute atomic E-state index is 11.8. The minimum absolute atomic E-state index is 0.0563. The maximum atomic E-state index is 11.8. The van der Waals surface area contributed by atoms with Gasteiger partial charge in [0.25, 0.3) is 0 Å². The van der Waals surface area contributed by atoms with Crippen molar-refractivity contribution in [2.75, 3.05) is 38.2 Å². The number of likely N-dealkylation sites (N-methyl/N-ethyl adjacent to an activating group) is 1. The van der Waals surface area contributed by atoms with Crippen LogP contribution in [0.1, 0.15) is 6.92 Å². The monoisotopic (exact) mass is 232 g/mol. The number of hydrazine groups is 1. The van der Waals surface area contributed by atoms with Crippen LogP contribution >= 0.6 is 0 Å². The van der Waals surface area contributed by atoms with Crippen molar-refractivity contribution in [2.45, 2.75) is 6.92 Å². The molecule has 1 radical (unpaired) electrons. The molecule has 1 aromatic carbocycles. The molecule has 4 heteroatoms. The molecule has 1 aliphatic rings. The second kappa shape index (κ2) is 5.29. The highest BCUT2D eigenvalue weighted by Gasteiger charge is 2.23. The molecule has 0 atom stereocenters. The summed E-state index contributed by atoms with van der Waals surface area (Å²) in [6.45, 7) is 5.35. The fraction of sp³-hybridized carbons (Fsp3) is 0.462. The van der Waals surface area contributed by atoms with E-state index in [1.807, 2.05) is 24.3 Å². The second-order valence-electron chi connectivity index (χ2n) is 4.35. The molecule has 1 aromatic rings.